The number of furan rings is 2. The maximum atomic E-state index is 11.8. The summed E-state index contributed by atoms with van der Waals surface area (Å²) in [5.41, 5.74) is 2.66. The molecule has 1 amide bonds. The summed E-state index contributed by atoms with van der Waals surface area (Å²) in [6.07, 6.45) is 9.19. The molecule has 0 spiro atoms. The van der Waals surface area contributed by atoms with E-state index in [1.807, 2.05) is 0 Å². The molecule has 0 saturated carbocycles. The first-order chi connectivity index (χ1) is 9.84. The minimum absolute atomic E-state index is 0.220. The SMILES string of the molecule is O=C(NCc1nccnc1-c1ccoc1)c1ccoc1. The van der Waals surface area contributed by atoms with Crippen molar-refractivity contribution in [1.82, 2.24) is 15.3 Å². The highest BCUT2D eigenvalue weighted by Gasteiger charge is 2.11. The van der Waals surface area contributed by atoms with Crippen LogP contribution in [0.5, 0.6) is 0 Å². The largest absolute Gasteiger partial charge is 0.472 e. The fourth-order valence-electron chi connectivity index (χ4n) is 1.80. The molecule has 0 aliphatic heterocycles. The summed E-state index contributed by atoms with van der Waals surface area (Å²) in [5, 5.41) is 2.77. The lowest BCUT2D eigenvalue weighted by molar-refractivity contribution is 0.0950. The fraction of sp³-hybridized carbons (Fsp3) is 0.0714. The van der Waals surface area contributed by atoms with Gasteiger partial charge in [-0.15, -0.1) is 0 Å². The van der Waals surface area contributed by atoms with Crippen molar-refractivity contribution >= 4 is 5.91 Å². The standard InChI is InChI=1S/C14H11N3O3/c18-14(11-2-6-20-9-11)17-7-12-13(16-4-3-15-12)10-1-5-19-8-10/h1-6,8-9H,7H2,(H,17,18). The summed E-state index contributed by atoms with van der Waals surface area (Å²) in [5.74, 6) is -0.220. The minimum Gasteiger partial charge on any atom is -0.472 e. The molecule has 6 nitrogen and oxygen atoms in total. The van der Waals surface area contributed by atoms with Gasteiger partial charge in [0.25, 0.3) is 5.91 Å². The summed E-state index contributed by atoms with van der Waals surface area (Å²) in [6.45, 7) is 0.276. The Balaban J connectivity index is 1.77. The predicted molar refractivity (Wildman–Crippen MR) is 69.6 cm³/mol. The summed E-state index contributed by atoms with van der Waals surface area (Å²) in [6, 6.07) is 3.40. The highest BCUT2D eigenvalue weighted by molar-refractivity contribution is 5.93. The van der Waals surface area contributed by atoms with Crippen LogP contribution in [-0.2, 0) is 6.54 Å². The van der Waals surface area contributed by atoms with Crippen molar-refractivity contribution in [3.8, 4) is 11.3 Å². The molecule has 20 heavy (non-hydrogen) atoms. The van der Waals surface area contributed by atoms with Crippen LogP contribution in [0.15, 0.2) is 58.4 Å². The second kappa shape index (κ2) is 5.40. The van der Waals surface area contributed by atoms with E-state index in [4.69, 9.17) is 8.83 Å². The van der Waals surface area contributed by atoms with Gasteiger partial charge in [0, 0.05) is 18.0 Å². The monoisotopic (exact) mass is 269 g/mol. The van der Waals surface area contributed by atoms with E-state index in [1.54, 1.807) is 37.1 Å². The number of aromatic nitrogens is 2. The lowest BCUT2D eigenvalue weighted by Gasteiger charge is -2.06. The Hall–Kier alpha value is -2.89. The van der Waals surface area contributed by atoms with Crippen molar-refractivity contribution in [2.24, 2.45) is 0 Å². The number of amides is 1. The molecule has 3 rings (SSSR count). The molecule has 3 aromatic heterocycles. The van der Waals surface area contributed by atoms with Gasteiger partial charge in [-0.25, -0.2) is 0 Å². The Labute approximate surface area is 114 Å². The minimum atomic E-state index is -0.220. The van der Waals surface area contributed by atoms with Gasteiger partial charge in [-0.1, -0.05) is 0 Å². The summed E-state index contributed by atoms with van der Waals surface area (Å²) in [7, 11) is 0. The molecule has 0 bridgehead atoms. The van der Waals surface area contributed by atoms with Crippen LogP contribution in [0.1, 0.15) is 16.1 Å². The average Bonchev–Trinajstić information content (AvgIpc) is 3.17. The molecule has 0 aliphatic rings. The normalized spacial score (nSPS) is 10.4. The molecule has 100 valence electrons. The van der Waals surface area contributed by atoms with Gasteiger partial charge in [-0.3, -0.25) is 14.8 Å². The van der Waals surface area contributed by atoms with Gasteiger partial charge in [0.1, 0.15) is 6.26 Å². The summed E-state index contributed by atoms with van der Waals surface area (Å²) >= 11 is 0. The van der Waals surface area contributed by atoms with Crippen LogP contribution >= 0.6 is 0 Å². The molecule has 0 radical (unpaired) electrons. The average molecular weight is 269 g/mol. The molecule has 3 heterocycles. The number of nitrogens with zero attached hydrogens (tertiary/aromatic N) is 2. The number of carbonyl (C=O) groups excluding carboxylic acids is 1. The van der Waals surface area contributed by atoms with Crippen LogP contribution in [0.25, 0.3) is 11.3 Å². The first kappa shape index (κ1) is 12.2. The molecule has 6 heteroatoms. The van der Waals surface area contributed by atoms with Gasteiger partial charge < -0.3 is 14.2 Å². The van der Waals surface area contributed by atoms with E-state index in [9.17, 15) is 4.79 Å². The molecule has 0 atom stereocenters. The van der Waals surface area contributed by atoms with Crippen LogP contribution < -0.4 is 5.32 Å². The second-order valence-corrected chi connectivity index (χ2v) is 4.06. The molecular weight excluding hydrogens is 258 g/mol. The Morgan fingerprint density at radius 3 is 2.65 bits per heavy atom. The molecule has 0 saturated heterocycles. The molecule has 0 aliphatic carbocycles. The third-order valence-corrected chi connectivity index (χ3v) is 2.77. The zero-order chi connectivity index (χ0) is 13.8. The van der Waals surface area contributed by atoms with Gasteiger partial charge in [0.2, 0.25) is 0 Å². The van der Waals surface area contributed by atoms with Crippen molar-refractivity contribution in [1.29, 1.82) is 0 Å². The third-order valence-electron chi connectivity index (χ3n) is 2.77. The van der Waals surface area contributed by atoms with Crippen LogP contribution in [0.4, 0.5) is 0 Å². The number of nitrogens with one attached hydrogen (secondary N) is 1. The Morgan fingerprint density at radius 2 is 1.90 bits per heavy atom. The van der Waals surface area contributed by atoms with Crippen molar-refractivity contribution in [2.75, 3.05) is 0 Å². The van der Waals surface area contributed by atoms with E-state index in [1.165, 1.54) is 12.5 Å². The first-order valence-corrected chi connectivity index (χ1v) is 5.97. The van der Waals surface area contributed by atoms with E-state index in [0.29, 0.717) is 17.0 Å². The van der Waals surface area contributed by atoms with Crippen molar-refractivity contribution in [3.05, 3.63) is 60.8 Å². The molecule has 0 aromatic carbocycles. The van der Waals surface area contributed by atoms with E-state index < -0.39 is 0 Å². The number of rotatable bonds is 4. The summed E-state index contributed by atoms with van der Waals surface area (Å²) < 4.78 is 9.91. The van der Waals surface area contributed by atoms with Crippen molar-refractivity contribution < 1.29 is 13.6 Å². The van der Waals surface area contributed by atoms with Gasteiger partial charge in [0.15, 0.2) is 0 Å². The maximum Gasteiger partial charge on any atom is 0.254 e. The third kappa shape index (κ3) is 2.44. The van der Waals surface area contributed by atoms with Gasteiger partial charge >= 0.3 is 0 Å². The quantitative estimate of drug-likeness (QED) is 0.785. The smallest absolute Gasteiger partial charge is 0.254 e. The molecule has 1 N–H and O–H groups in total. The van der Waals surface area contributed by atoms with E-state index in [2.05, 4.69) is 15.3 Å². The van der Waals surface area contributed by atoms with Crippen LogP contribution in [0, 0.1) is 0 Å². The fourth-order valence-corrected chi connectivity index (χ4v) is 1.80. The Bertz CT molecular complexity index is 690. The van der Waals surface area contributed by atoms with Gasteiger partial charge in [-0.2, -0.15) is 0 Å². The van der Waals surface area contributed by atoms with E-state index in [0.717, 1.165) is 5.56 Å². The van der Waals surface area contributed by atoms with Crippen LogP contribution in [0.2, 0.25) is 0 Å². The Kier molecular flexibility index (Phi) is 3.28. The van der Waals surface area contributed by atoms with Gasteiger partial charge in [0.05, 0.1) is 42.3 Å². The number of hydrogen-bond donors (Lipinski definition) is 1. The number of hydrogen-bond acceptors (Lipinski definition) is 5. The second-order valence-electron chi connectivity index (χ2n) is 4.06. The predicted octanol–water partition coefficient (Wildman–Crippen LogP) is 2.26. The van der Waals surface area contributed by atoms with Crippen molar-refractivity contribution in [2.45, 2.75) is 6.54 Å². The molecule has 0 fully saturated rings. The van der Waals surface area contributed by atoms with Crippen LogP contribution in [0.3, 0.4) is 0 Å². The first-order valence-electron chi connectivity index (χ1n) is 5.97. The van der Waals surface area contributed by atoms with E-state index in [-0.39, 0.29) is 12.5 Å². The zero-order valence-electron chi connectivity index (χ0n) is 10.4. The van der Waals surface area contributed by atoms with E-state index >= 15 is 0 Å². The highest BCUT2D eigenvalue weighted by atomic mass is 16.3. The molecule has 3 aromatic rings. The number of carbonyl (C=O) groups is 1. The topological polar surface area (TPSA) is 81.2 Å². The van der Waals surface area contributed by atoms with Gasteiger partial charge in [-0.05, 0) is 12.1 Å². The highest BCUT2D eigenvalue weighted by Crippen LogP contribution is 2.19. The summed E-state index contributed by atoms with van der Waals surface area (Å²) in [4.78, 5) is 20.4. The lowest BCUT2D eigenvalue weighted by atomic mass is 10.2. The molecule has 0 unspecified atom stereocenters. The lowest BCUT2D eigenvalue weighted by Crippen LogP contribution is -2.23. The van der Waals surface area contributed by atoms with Crippen molar-refractivity contribution in [3.63, 3.8) is 0 Å². The van der Waals surface area contributed by atoms with Crippen LogP contribution in [-0.4, -0.2) is 15.9 Å². The Morgan fingerprint density at radius 1 is 1.10 bits per heavy atom. The zero-order valence-corrected chi connectivity index (χ0v) is 10.4. The maximum absolute atomic E-state index is 11.8. The molecular formula is C14H11N3O3.